The fraction of sp³-hybridized carbons (Fsp3) is 0.318. The Morgan fingerprint density at radius 1 is 1.13 bits per heavy atom. The SMILES string of the molecule is COCCn1c([C@@H](C)NC(=O)CCN2C(=O)c3ccncc3C2=O)nc2ccccc21. The molecule has 31 heavy (non-hydrogen) atoms. The fourth-order valence-electron chi connectivity index (χ4n) is 3.77. The number of para-hydroxylation sites is 2. The monoisotopic (exact) mass is 421 g/mol. The molecule has 3 aromatic rings. The molecule has 0 fully saturated rings. The number of nitrogens with one attached hydrogen (secondary N) is 1. The van der Waals surface area contributed by atoms with E-state index in [1.54, 1.807) is 7.11 Å². The van der Waals surface area contributed by atoms with E-state index in [2.05, 4.69) is 15.3 Å². The quantitative estimate of drug-likeness (QED) is 0.557. The average Bonchev–Trinajstić information content (AvgIpc) is 3.26. The molecule has 0 radical (unpaired) electrons. The van der Waals surface area contributed by atoms with E-state index in [0.717, 1.165) is 21.8 Å². The zero-order valence-corrected chi connectivity index (χ0v) is 17.4. The lowest BCUT2D eigenvalue weighted by molar-refractivity contribution is -0.121. The van der Waals surface area contributed by atoms with Crippen LogP contribution in [0.5, 0.6) is 0 Å². The summed E-state index contributed by atoms with van der Waals surface area (Å²) in [5.41, 5.74) is 2.40. The van der Waals surface area contributed by atoms with Gasteiger partial charge in [-0.15, -0.1) is 0 Å². The van der Waals surface area contributed by atoms with Crippen molar-refractivity contribution in [3.8, 4) is 0 Å². The number of hydrogen-bond donors (Lipinski definition) is 1. The molecule has 0 bridgehead atoms. The molecule has 1 N–H and O–H groups in total. The van der Waals surface area contributed by atoms with Crippen molar-refractivity contribution < 1.29 is 19.1 Å². The molecule has 9 nitrogen and oxygen atoms in total. The maximum absolute atomic E-state index is 12.6. The van der Waals surface area contributed by atoms with Crippen LogP contribution >= 0.6 is 0 Å². The smallest absolute Gasteiger partial charge is 0.263 e. The Bertz CT molecular complexity index is 1120. The van der Waals surface area contributed by atoms with E-state index < -0.39 is 11.8 Å². The minimum Gasteiger partial charge on any atom is -0.383 e. The Kier molecular flexibility index (Phi) is 5.77. The molecule has 1 aromatic carbocycles. The summed E-state index contributed by atoms with van der Waals surface area (Å²) in [5.74, 6) is -0.370. The number of imide groups is 1. The normalized spacial score (nSPS) is 14.2. The number of rotatable bonds is 8. The molecule has 160 valence electrons. The van der Waals surface area contributed by atoms with Crippen molar-refractivity contribution in [2.75, 3.05) is 20.3 Å². The Morgan fingerprint density at radius 2 is 1.90 bits per heavy atom. The van der Waals surface area contributed by atoms with E-state index in [0.29, 0.717) is 18.7 Å². The second-order valence-electron chi connectivity index (χ2n) is 7.33. The van der Waals surface area contributed by atoms with Crippen LogP contribution in [-0.4, -0.2) is 57.4 Å². The first kappa shape index (κ1) is 20.7. The molecule has 0 aliphatic carbocycles. The van der Waals surface area contributed by atoms with Crippen molar-refractivity contribution in [3.63, 3.8) is 0 Å². The predicted octanol–water partition coefficient (Wildman–Crippen LogP) is 1.94. The number of nitrogens with zero attached hydrogens (tertiary/aromatic N) is 4. The van der Waals surface area contributed by atoms with Crippen LogP contribution < -0.4 is 5.32 Å². The Labute approximate surface area is 179 Å². The lowest BCUT2D eigenvalue weighted by atomic mass is 10.2. The van der Waals surface area contributed by atoms with Crippen LogP contribution in [0.1, 0.15) is 45.9 Å². The number of fused-ring (bicyclic) bond motifs is 2. The highest BCUT2D eigenvalue weighted by molar-refractivity contribution is 6.21. The second kappa shape index (κ2) is 8.65. The number of methoxy groups -OCH3 is 1. The summed E-state index contributed by atoms with van der Waals surface area (Å²) in [5, 5.41) is 2.92. The molecule has 3 amide bonds. The van der Waals surface area contributed by atoms with E-state index in [1.165, 1.54) is 18.5 Å². The number of hydrogen-bond acceptors (Lipinski definition) is 6. The van der Waals surface area contributed by atoms with E-state index in [9.17, 15) is 14.4 Å². The van der Waals surface area contributed by atoms with Gasteiger partial charge in [-0.2, -0.15) is 0 Å². The minimum absolute atomic E-state index is 0.00152. The molecule has 0 saturated carbocycles. The van der Waals surface area contributed by atoms with Crippen molar-refractivity contribution in [1.82, 2.24) is 24.8 Å². The van der Waals surface area contributed by atoms with Crippen LogP contribution in [0.2, 0.25) is 0 Å². The number of imidazole rings is 1. The number of carbonyl (C=O) groups is 3. The van der Waals surface area contributed by atoms with Gasteiger partial charge in [0.1, 0.15) is 5.82 Å². The summed E-state index contributed by atoms with van der Waals surface area (Å²) in [6.45, 7) is 2.99. The van der Waals surface area contributed by atoms with Crippen LogP contribution in [-0.2, 0) is 16.1 Å². The number of pyridine rings is 1. The van der Waals surface area contributed by atoms with Crippen molar-refractivity contribution in [1.29, 1.82) is 0 Å². The maximum Gasteiger partial charge on any atom is 0.263 e. The average molecular weight is 421 g/mol. The number of aromatic nitrogens is 3. The van der Waals surface area contributed by atoms with Crippen LogP contribution in [0.15, 0.2) is 42.7 Å². The van der Waals surface area contributed by atoms with Gasteiger partial charge in [0.15, 0.2) is 0 Å². The first-order valence-electron chi connectivity index (χ1n) is 10.0. The van der Waals surface area contributed by atoms with Gasteiger partial charge in [0.25, 0.3) is 11.8 Å². The van der Waals surface area contributed by atoms with Crippen molar-refractivity contribution in [3.05, 3.63) is 59.7 Å². The third-order valence-corrected chi connectivity index (χ3v) is 5.30. The minimum atomic E-state index is -0.421. The van der Waals surface area contributed by atoms with E-state index >= 15 is 0 Å². The molecule has 1 atom stereocenters. The van der Waals surface area contributed by atoms with Crippen LogP contribution in [0.3, 0.4) is 0 Å². The molecule has 0 saturated heterocycles. The van der Waals surface area contributed by atoms with Crippen molar-refractivity contribution >= 4 is 28.8 Å². The van der Waals surface area contributed by atoms with Gasteiger partial charge in [0, 0.05) is 39.0 Å². The van der Waals surface area contributed by atoms with Crippen LogP contribution in [0.4, 0.5) is 0 Å². The third-order valence-electron chi connectivity index (χ3n) is 5.30. The molecule has 0 unspecified atom stereocenters. The van der Waals surface area contributed by atoms with Gasteiger partial charge >= 0.3 is 0 Å². The lowest BCUT2D eigenvalue weighted by Crippen LogP contribution is -2.35. The zero-order valence-electron chi connectivity index (χ0n) is 17.4. The van der Waals surface area contributed by atoms with Gasteiger partial charge in [-0.05, 0) is 25.1 Å². The topological polar surface area (TPSA) is 106 Å². The summed E-state index contributed by atoms with van der Waals surface area (Å²) in [6, 6.07) is 8.92. The number of carbonyl (C=O) groups excluding carboxylic acids is 3. The predicted molar refractivity (Wildman–Crippen MR) is 112 cm³/mol. The number of amides is 3. The van der Waals surface area contributed by atoms with Crippen molar-refractivity contribution in [2.45, 2.75) is 25.9 Å². The summed E-state index contributed by atoms with van der Waals surface area (Å²) < 4.78 is 7.24. The zero-order chi connectivity index (χ0) is 22.0. The largest absolute Gasteiger partial charge is 0.383 e. The molecule has 1 aliphatic rings. The summed E-state index contributed by atoms with van der Waals surface area (Å²) in [7, 11) is 1.64. The summed E-state index contributed by atoms with van der Waals surface area (Å²) in [4.78, 5) is 47.1. The Balaban J connectivity index is 1.43. The highest BCUT2D eigenvalue weighted by atomic mass is 16.5. The van der Waals surface area contributed by atoms with Crippen molar-refractivity contribution in [2.24, 2.45) is 0 Å². The lowest BCUT2D eigenvalue weighted by Gasteiger charge is -2.18. The highest BCUT2D eigenvalue weighted by Crippen LogP contribution is 2.23. The second-order valence-corrected chi connectivity index (χ2v) is 7.33. The van der Waals surface area contributed by atoms with Gasteiger partial charge in [-0.25, -0.2) is 4.98 Å². The number of benzene rings is 1. The fourth-order valence-corrected chi connectivity index (χ4v) is 3.77. The first-order chi connectivity index (χ1) is 15.0. The summed E-state index contributed by atoms with van der Waals surface area (Å²) in [6.07, 6.45) is 2.85. The standard InChI is InChI=1S/C22H23N5O4/c1-14(20-25-17-5-3-4-6-18(17)26(20)11-12-31-2)24-19(28)8-10-27-21(29)15-7-9-23-13-16(15)22(27)30/h3-7,9,13-14H,8,10-12H2,1-2H3,(H,24,28)/t14-/m1/s1. The molecule has 3 heterocycles. The van der Waals surface area contributed by atoms with Gasteiger partial charge in [0.05, 0.1) is 34.8 Å². The van der Waals surface area contributed by atoms with Gasteiger partial charge < -0.3 is 14.6 Å². The summed E-state index contributed by atoms with van der Waals surface area (Å²) >= 11 is 0. The highest BCUT2D eigenvalue weighted by Gasteiger charge is 2.35. The van der Waals surface area contributed by atoms with E-state index in [1.807, 2.05) is 35.8 Å². The van der Waals surface area contributed by atoms with Gasteiger partial charge in [-0.3, -0.25) is 24.3 Å². The van der Waals surface area contributed by atoms with E-state index in [-0.39, 0.29) is 30.5 Å². The Morgan fingerprint density at radius 3 is 2.68 bits per heavy atom. The Hall–Kier alpha value is -3.59. The van der Waals surface area contributed by atoms with Gasteiger partial charge in [-0.1, -0.05) is 12.1 Å². The molecular weight excluding hydrogens is 398 g/mol. The van der Waals surface area contributed by atoms with Crippen LogP contribution in [0, 0.1) is 0 Å². The molecule has 4 rings (SSSR count). The molecule has 9 heteroatoms. The number of ether oxygens (including phenoxy) is 1. The van der Waals surface area contributed by atoms with Crippen LogP contribution in [0.25, 0.3) is 11.0 Å². The molecule has 0 spiro atoms. The van der Waals surface area contributed by atoms with Gasteiger partial charge in [0.2, 0.25) is 5.91 Å². The molecule has 2 aromatic heterocycles. The van der Waals surface area contributed by atoms with E-state index in [4.69, 9.17) is 4.74 Å². The third kappa shape index (κ3) is 3.91. The first-order valence-corrected chi connectivity index (χ1v) is 10.0. The maximum atomic E-state index is 12.6. The molecular formula is C22H23N5O4. The molecule has 1 aliphatic heterocycles.